The van der Waals surface area contributed by atoms with Gasteiger partial charge >= 0.3 is 0 Å². The molecule has 0 bridgehead atoms. The molecule has 0 unspecified atom stereocenters. The Bertz CT molecular complexity index is 1440. The van der Waals surface area contributed by atoms with Crippen LogP contribution in [0.1, 0.15) is 50.9 Å². The van der Waals surface area contributed by atoms with Gasteiger partial charge in [-0.1, -0.05) is 33.8 Å². The van der Waals surface area contributed by atoms with Gasteiger partial charge in [-0.25, -0.2) is 23.4 Å². The first-order valence-electron chi connectivity index (χ1n) is 12.8. The largest absolute Gasteiger partial charge is 0.491 e. The molecule has 0 fully saturated rings. The molecule has 9 heteroatoms. The van der Waals surface area contributed by atoms with E-state index in [0.29, 0.717) is 18.7 Å². The second kappa shape index (κ2) is 9.59. The summed E-state index contributed by atoms with van der Waals surface area (Å²) in [4.78, 5) is 15.9. The number of aryl methyl sites for hydroxylation is 1. The number of benzene rings is 1. The van der Waals surface area contributed by atoms with Crippen LogP contribution in [0.15, 0.2) is 41.7 Å². The second-order valence-corrected chi connectivity index (χ2v) is 13.3. The molecule has 37 heavy (non-hydrogen) atoms. The van der Waals surface area contributed by atoms with Crippen LogP contribution in [0.25, 0.3) is 11.1 Å². The fourth-order valence-electron chi connectivity index (χ4n) is 5.28. The number of sulfone groups is 1. The first-order valence-corrected chi connectivity index (χ1v) is 14.5. The molecular formula is C28H35N5O3S. The number of hydrogen-bond acceptors (Lipinski definition) is 8. The van der Waals surface area contributed by atoms with Crippen LogP contribution in [0.5, 0.6) is 5.75 Å². The van der Waals surface area contributed by atoms with Crippen molar-refractivity contribution >= 4 is 21.5 Å². The predicted molar refractivity (Wildman–Crippen MR) is 145 cm³/mol. The number of nitrogens with zero attached hydrogens (tertiary/aromatic N) is 4. The van der Waals surface area contributed by atoms with E-state index in [9.17, 15) is 8.42 Å². The highest BCUT2D eigenvalue weighted by molar-refractivity contribution is 7.91. The van der Waals surface area contributed by atoms with Crippen LogP contribution in [0.2, 0.25) is 0 Å². The molecule has 2 aliphatic rings. The van der Waals surface area contributed by atoms with E-state index < -0.39 is 9.84 Å². The minimum atomic E-state index is -3.54. The molecule has 0 atom stereocenters. The maximum atomic E-state index is 12.9. The number of hydrogen-bond donors (Lipinski definition) is 1. The number of nitrogen functional groups attached to an aromatic ring is 1. The Labute approximate surface area is 219 Å². The van der Waals surface area contributed by atoms with Gasteiger partial charge in [-0.15, -0.1) is 0 Å². The van der Waals surface area contributed by atoms with Crippen LogP contribution in [-0.4, -0.2) is 42.3 Å². The molecular weight excluding hydrogens is 486 g/mol. The summed E-state index contributed by atoms with van der Waals surface area (Å²) < 4.78 is 32.0. The molecule has 2 aromatic heterocycles. The normalized spacial score (nSPS) is 17.1. The van der Waals surface area contributed by atoms with Crippen molar-refractivity contribution in [2.24, 2.45) is 11.3 Å². The standard InChI is InChI=1S/C28H35N5O3S/c1-18(2)16-37(34,35)25-12-20(14-30-26(25)29)19-5-6-24-21(11-19)15-33(9-10-36-24)27-22-13-28(3,4)8-7-23(22)31-17-32-27/h5-6,11-12,14,17-18H,7-10,13,15-16H2,1-4H3,(H2,29,30). The van der Waals surface area contributed by atoms with Crippen LogP contribution < -0.4 is 15.4 Å². The van der Waals surface area contributed by atoms with E-state index in [1.165, 1.54) is 5.56 Å². The van der Waals surface area contributed by atoms with Crippen molar-refractivity contribution in [1.82, 2.24) is 15.0 Å². The number of pyridine rings is 1. The summed E-state index contributed by atoms with van der Waals surface area (Å²) in [6.45, 7) is 10.3. The third kappa shape index (κ3) is 5.28. The van der Waals surface area contributed by atoms with E-state index in [0.717, 1.165) is 54.2 Å². The fourth-order valence-corrected chi connectivity index (χ4v) is 7.01. The molecule has 8 nitrogen and oxygen atoms in total. The Hall–Kier alpha value is -3.20. The quantitative estimate of drug-likeness (QED) is 0.524. The molecule has 1 aromatic carbocycles. The van der Waals surface area contributed by atoms with Gasteiger partial charge in [0.2, 0.25) is 0 Å². The first-order chi connectivity index (χ1) is 17.5. The van der Waals surface area contributed by atoms with Gasteiger partial charge in [-0.05, 0) is 54.4 Å². The lowest BCUT2D eigenvalue weighted by Crippen LogP contribution is -2.31. The van der Waals surface area contributed by atoms with E-state index in [1.54, 1.807) is 18.6 Å². The predicted octanol–water partition coefficient (Wildman–Crippen LogP) is 4.46. The van der Waals surface area contributed by atoms with Gasteiger partial charge in [-0.3, -0.25) is 0 Å². The highest BCUT2D eigenvalue weighted by atomic mass is 32.2. The molecule has 5 rings (SSSR count). The highest BCUT2D eigenvalue weighted by Crippen LogP contribution is 2.39. The third-order valence-corrected chi connectivity index (χ3v) is 9.25. The molecule has 3 heterocycles. The van der Waals surface area contributed by atoms with E-state index in [-0.39, 0.29) is 27.8 Å². The Morgan fingerprint density at radius 3 is 2.73 bits per heavy atom. The van der Waals surface area contributed by atoms with Crippen LogP contribution in [0.3, 0.4) is 0 Å². The first kappa shape index (κ1) is 25.4. The van der Waals surface area contributed by atoms with Crippen molar-refractivity contribution in [1.29, 1.82) is 0 Å². The van der Waals surface area contributed by atoms with Crippen molar-refractivity contribution in [3.8, 4) is 16.9 Å². The number of aromatic nitrogens is 3. The summed E-state index contributed by atoms with van der Waals surface area (Å²) in [5, 5.41) is 0. The lowest BCUT2D eigenvalue weighted by molar-refractivity contribution is 0.310. The van der Waals surface area contributed by atoms with Gasteiger partial charge in [0.1, 0.15) is 35.2 Å². The average Bonchev–Trinajstić information content (AvgIpc) is 3.04. The Morgan fingerprint density at radius 2 is 1.95 bits per heavy atom. The van der Waals surface area contributed by atoms with Crippen LogP contribution in [0.4, 0.5) is 11.6 Å². The summed E-state index contributed by atoms with van der Waals surface area (Å²) in [6, 6.07) is 7.58. The third-order valence-electron chi connectivity index (χ3n) is 7.15. The zero-order chi connectivity index (χ0) is 26.4. The number of rotatable bonds is 5. The molecule has 3 aromatic rings. The number of ether oxygens (including phenoxy) is 1. The summed E-state index contributed by atoms with van der Waals surface area (Å²) in [7, 11) is -3.54. The van der Waals surface area contributed by atoms with Crippen molar-refractivity contribution < 1.29 is 13.2 Å². The lowest BCUT2D eigenvalue weighted by Gasteiger charge is -2.33. The maximum Gasteiger partial charge on any atom is 0.182 e. The van der Waals surface area contributed by atoms with E-state index in [1.807, 2.05) is 26.0 Å². The van der Waals surface area contributed by atoms with Crippen molar-refractivity contribution in [3.63, 3.8) is 0 Å². The molecule has 1 aliphatic heterocycles. The summed E-state index contributed by atoms with van der Waals surface area (Å²) in [5.74, 6) is 1.85. The van der Waals surface area contributed by atoms with Crippen LogP contribution in [0, 0.1) is 11.3 Å². The molecule has 0 spiro atoms. The molecule has 0 radical (unpaired) electrons. The summed E-state index contributed by atoms with van der Waals surface area (Å²) in [5.41, 5.74) is 11.2. The SMILES string of the molecule is CC(C)CS(=O)(=O)c1cc(-c2ccc3c(c2)CN(c2ncnc4c2CC(C)(C)CC4)CCO3)cnc1N. The van der Waals surface area contributed by atoms with Gasteiger partial charge in [0.05, 0.1) is 12.3 Å². The number of nitrogens with two attached hydrogens (primary N) is 1. The molecule has 1 aliphatic carbocycles. The minimum absolute atomic E-state index is 0.0122. The van der Waals surface area contributed by atoms with Gasteiger partial charge in [-0.2, -0.15) is 0 Å². The zero-order valence-corrected chi connectivity index (χ0v) is 22.8. The molecule has 2 N–H and O–H groups in total. The molecule has 0 amide bonds. The molecule has 196 valence electrons. The van der Waals surface area contributed by atoms with Crippen molar-refractivity contribution in [2.45, 2.75) is 58.4 Å². The van der Waals surface area contributed by atoms with E-state index >= 15 is 0 Å². The van der Waals surface area contributed by atoms with Crippen molar-refractivity contribution in [2.75, 3.05) is 29.5 Å². The van der Waals surface area contributed by atoms with Crippen LogP contribution in [-0.2, 0) is 29.2 Å². The Balaban J connectivity index is 1.49. The van der Waals surface area contributed by atoms with E-state index in [4.69, 9.17) is 15.5 Å². The highest BCUT2D eigenvalue weighted by Gasteiger charge is 2.31. The topological polar surface area (TPSA) is 111 Å². The average molecular weight is 522 g/mol. The fraction of sp³-hybridized carbons (Fsp3) is 0.464. The van der Waals surface area contributed by atoms with Gasteiger partial charge in [0, 0.05) is 35.1 Å². The Kier molecular flexibility index (Phi) is 6.60. The summed E-state index contributed by atoms with van der Waals surface area (Å²) in [6.07, 6.45) is 6.34. The maximum absolute atomic E-state index is 12.9. The van der Waals surface area contributed by atoms with E-state index in [2.05, 4.69) is 34.8 Å². The molecule has 0 saturated heterocycles. The second-order valence-electron chi connectivity index (χ2n) is 11.3. The Morgan fingerprint density at radius 1 is 1.14 bits per heavy atom. The van der Waals surface area contributed by atoms with Crippen molar-refractivity contribution in [3.05, 3.63) is 53.6 Å². The lowest BCUT2D eigenvalue weighted by atomic mass is 9.76. The van der Waals surface area contributed by atoms with Gasteiger partial charge in [0.25, 0.3) is 0 Å². The number of anilines is 2. The zero-order valence-electron chi connectivity index (χ0n) is 22.0. The molecule has 0 saturated carbocycles. The smallest absolute Gasteiger partial charge is 0.182 e. The number of fused-ring (bicyclic) bond motifs is 2. The monoisotopic (exact) mass is 521 g/mol. The van der Waals surface area contributed by atoms with Gasteiger partial charge < -0.3 is 15.4 Å². The minimum Gasteiger partial charge on any atom is -0.491 e. The summed E-state index contributed by atoms with van der Waals surface area (Å²) >= 11 is 0. The van der Waals surface area contributed by atoms with Gasteiger partial charge in [0.15, 0.2) is 9.84 Å². The van der Waals surface area contributed by atoms with Crippen LogP contribution >= 0.6 is 0 Å².